The third kappa shape index (κ3) is 3.38. The highest BCUT2D eigenvalue weighted by Gasteiger charge is 2.34. The van der Waals surface area contributed by atoms with Gasteiger partial charge in [0.2, 0.25) is 11.8 Å². The molecule has 1 aliphatic rings. The maximum atomic E-state index is 12.1. The van der Waals surface area contributed by atoms with E-state index in [9.17, 15) is 9.59 Å². The van der Waals surface area contributed by atoms with E-state index in [0.717, 1.165) is 11.3 Å². The Kier molecular flexibility index (Phi) is 4.42. The minimum absolute atomic E-state index is 0.0124. The summed E-state index contributed by atoms with van der Waals surface area (Å²) in [4.78, 5) is 25.8. The van der Waals surface area contributed by atoms with E-state index in [4.69, 9.17) is 0 Å². The van der Waals surface area contributed by atoms with Crippen LogP contribution in [0.4, 0.5) is 5.69 Å². The van der Waals surface area contributed by atoms with E-state index in [0.29, 0.717) is 25.4 Å². The highest BCUT2D eigenvalue weighted by atomic mass is 16.2. The van der Waals surface area contributed by atoms with Crippen LogP contribution in [0.3, 0.4) is 0 Å². The van der Waals surface area contributed by atoms with Gasteiger partial charge in [0.1, 0.15) is 0 Å². The number of carbonyl (C=O) groups is 2. The number of anilines is 1. The summed E-state index contributed by atoms with van der Waals surface area (Å²) in [5, 5.41) is 2.91. The summed E-state index contributed by atoms with van der Waals surface area (Å²) in [7, 11) is 0. The Bertz CT molecular complexity index is 494. The van der Waals surface area contributed by atoms with Gasteiger partial charge in [-0.1, -0.05) is 31.5 Å². The molecule has 0 unspecified atom stereocenters. The second-order valence-electron chi connectivity index (χ2n) is 5.88. The molecule has 1 aromatic rings. The van der Waals surface area contributed by atoms with E-state index in [1.807, 2.05) is 31.2 Å². The van der Waals surface area contributed by atoms with Gasteiger partial charge in [0.25, 0.3) is 0 Å². The number of hydrogen-bond donors (Lipinski definition) is 1. The molecule has 1 heterocycles. The number of benzene rings is 1. The first kappa shape index (κ1) is 14.6. The zero-order chi connectivity index (χ0) is 14.7. The Morgan fingerprint density at radius 2 is 2.00 bits per heavy atom. The van der Waals surface area contributed by atoms with Crippen molar-refractivity contribution >= 4 is 17.5 Å². The zero-order valence-corrected chi connectivity index (χ0v) is 12.3. The van der Waals surface area contributed by atoms with Gasteiger partial charge in [0.15, 0.2) is 0 Å². The molecule has 20 heavy (non-hydrogen) atoms. The first-order chi connectivity index (χ1) is 9.47. The molecule has 1 atom stereocenters. The smallest absolute Gasteiger partial charge is 0.227 e. The third-order valence-electron chi connectivity index (χ3n) is 3.53. The van der Waals surface area contributed by atoms with Crippen LogP contribution in [0.25, 0.3) is 0 Å². The van der Waals surface area contributed by atoms with Crippen molar-refractivity contribution in [2.75, 3.05) is 18.0 Å². The van der Waals surface area contributed by atoms with E-state index >= 15 is 0 Å². The molecule has 0 saturated carbocycles. The summed E-state index contributed by atoms with van der Waals surface area (Å²) in [6.45, 7) is 7.26. The molecule has 4 heteroatoms. The van der Waals surface area contributed by atoms with Crippen LogP contribution in [-0.2, 0) is 9.59 Å². The molecule has 1 aliphatic heterocycles. The van der Waals surface area contributed by atoms with Crippen molar-refractivity contribution in [2.45, 2.75) is 27.2 Å². The van der Waals surface area contributed by atoms with Gasteiger partial charge >= 0.3 is 0 Å². The molecular formula is C16H22N2O2. The maximum absolute atomic E-state index is 12.1. The van der Waals surface area contributed by atoms with Crippen molar-refractivity contribution in [1.29, 1.82) is 0 Å². The van der Waals surface area contributed by atoms with E-state index in [-0.39, 0.29) is 17.7 Å². The van der Waals surface area contributed by atoms with Crippen molar-refractivity contribution in [2.24, 2.45) is 11.8 Å². The average molecular weight is 274 g/mol. The first-order valence-electron chi connectivity index (χ1n) is 7.12. The van der Waals surface area contributed by atoms with Crippen LogP contribution in [0, 0.1) is 18.8 Å². The summed E-state index contributed by atoms with van der Waals surface area (Å²) in [6, 6.07) is 7.83. The lowest BCUT2D eigenvalue weighted by Crippen LogP contribution is -2.34. The lowest BCUT2D eigenvalue weighted by atomic mass is 10.1. The molecule has 0 bridgehead atoms. The van der Waals surface area contributed by atoms with Crippen molar-refractivity contribution in [3.05, 3.63) is 29.8 Å². The lowest BCUT2D eigenvalue weighted by molar-refractivity contribution is -0.126. The predicted molar refractivity (Wildman–Crippen MR) is 79.5 cm³/mol. The van der Waals surface area contributed by atoms with Crippen LogP contribution in [0.15, 0.2) is 24.3 Å². The Morgan fingerprint density at radius 3 is 2.60 bits per heavy atom. The molecule has 1 N–H and O–H groups in total. The fraction of sp³-hybridized carbons (Fsp3) is 0.500. The molecule has 0 spiro atoms. The normalized spacial score (nSPS) is 18.7. The van der Waals surface area contributed by atoms with Gasteiger partial charge in [0.05, 0.1) is 5.92 Å². The van der Waals surface area contributed by atoms with Gasteiger partial charge in [-0.05, 0) is 25.0 Å². The summed E-state index contributed by atoms with van der Waals surface area (Å²) in [6.07, 6.45) is 0.303. The number of nitrogens with one attached hydrogen (secondary N) is 1. The highest BCUT2D eigenvalue weighted by molar-refractivity contribution is 6.00. The van der Waals surface area contributed by atoms with Crippen LogP contribution in [0.2, 0.25) is 0 Å². The van der Waals surface area contributed by atoms with Crippen LogP contribution >= 0.6 is 0 Å². The fourth-order valence-corrected chi connectivity index (χ4v) is 2.31. The summed E-state index contributed by atoms with van der Waals surface area (Å²) >= 11 is 0. The van der Waals surface area contributed by atoms with Crippen molar-refractivity contribution < 1.29 is 9.59 Å². The molecule has 108 valence electrons. The molecule has 2 amide bonds. The van der Waals surface area contributed by atoms with E-state index in [1.54, 1.807) is 4.90 Å². The largest absolute Gasteiger partial charge is 0.356 e. The lowest BCUT2D eigenvalue weighted by Gasteiger charge is -2.17. The molecule has 0 aliphatic carbocycles. The predicted octanol–water partition coefficient (Wildman–Crippen LogP) is 2.12. The Morgan fingerprint density at radius 1 is 1.35 bits per heavy atom. The summed E-state index contributed by atoms with van der Waals surface area (Å²) in [5.41, 5.74) is 2.03. The Labute approximate surface area is 120 Å². The van der Waals surface area contributed by atoms with Gasteiger partial charge in [-0.3, -0.25) is 9.59 Å². The molecule has 2 rings (SSSR count). The number of aryl methyl sites for hydroxylation is 1. The molecule has 1 aromatic carbocycles. The SMILES string of the molecule is Cc1ccc(N2C[C@H](C(=O)NCC(C)C)CC2=O)cc1. The van der Waals surface area contributed by atoms with Crippen molar-refractivity contribution in [1.82, 2.24) is 5.32 Å². The van der Waals surface area contributed by atoms with Gasteiger partial charge in [-0.2, -0.15) is 0 Å². The number of amides is 2. The van der Waals surface area contributed by atoms with Gasteiger partial charge in [0, 0.05) is 25.2 Å². The standard InChI is InChI=1S/C16H22N2O2/c1-11(2)9-17-16(20)13-8-15(19)18(10-13)14-6-4-12(3)5-7-14/h4-7,11,13H,8-10H2,1-3H3,(H,17,20)/t13-/m1/s1. The first-order valence-corrected chi connectivity index (χ1v) is 7.12. The second kappa shape index (κ2) is 6.07. The Balaban J connectivity index is 2.00. The van der Waals surface area contributed by atoms with Gasteiger partial charge < -0.3 is 10.2 Å². The molecular weight excluding hydrogens is 252 g/mol. The Hall–Kier alpha value is -1.84. The number of hydrogen-bond acceptors (Lipinski definition) is 2. The molecule has 4 nitrogen and oxygen atoms in total. The summed E-state index contributed by atoms with van der Waals surface area (Å²) < 4.78 is 0. The minimum atomic E-state index is -0.234. The van der Waals surface area contributed by atoms with Crippen LogP contribution < -0.4 is 10.2 Å². The number of nitrogens with zero attached hydrogens (tertiary/aromatic N) is 1. The minimum Gasteiger partial charge on any atom is -0.356 e. The highest BCUT2D eigenvalue weighted by Crippen LogP contribution is 2.25. The van der Waals surface area contributed by atoms with Gasteiger partial charge in [-0.25, -0.2) is 0 Å². The average Bonchev–Trinajstić information content (AvgIpc) is 2.79. The molecule has 1 fully saturated rings. The fourth-order valence-electron chi connectivity index (χ4n) is 2.31. The third-order valence-corrected chi connectivity index (χ3v) is 3.53. The second-order valence-corrected chi connectivity index (χ2v) is 5.88. The molecule has 0 aromatic heterocycles. The monoisotopic (exact) mass is 274 g/mol. The maximum Gasteiger partial charge on any atom is 0.227 e. The van der Waals surface area contributed by atoms with Crippen molar-refractivity contribution in [3.8, 4) is 0 Å². The summed E-state index contributed by atoms with van der Waals surface area (Å²) in [5.74, 6) is 0.201. The molecule has 1 saturated heterocycles. The van der Waals surface area contributed by atoms with Crippen molar-refractivity contribution in [3.63, 3.8) is 0 Å². The van der Waals surface area contributed by atoms with Crippen LogP contribution in [-0.4, -0.2) is 24.9 Å². The number of rotatable bonds is 4. The zero-order valence-electron chi connectivity index (χ0n) is 12.3. The van der Waals surface area contributed by atoms with Gasteiger partial charge in [-0.15, -0.1) is 0 Å². The van der Waals surface area contributed by atoms with E-state index in [1.165, 1.54) is 0 Å². The van der Waals surface area contributed by atoms with Crippen LogP contribution in [0.5, 0.6) is 0 Å². The van der Waals surface area contributed by atoms with E-state index < -0.39 is 0 Å². The number of carbonyl (C=O) groups excluding carboxylic acids is 2. The quantitative estimate of drug-likeness (QED) is 0.914. The van der Waals surface area contributed by atoms with E-state index in [2.05, 4.69) is 19.2 Å². The topological polar surface area (TPSA) is 49.4 Å². The van der Waals surface area contributed by atoms with Crippen LogP contribution in [0.1, 0.15) is 25.8 Å². The molecule has 0 radical (unpaired) electrons.